The van der Waals surface area contributed by atoms with Gasteiger partial charge < -0.3 is 25.0 Å². The van der Waals surface area contributed by atoms with Crippen molar-refractivity contribution < 1.29 is 14.3 Å². The van der Waals surface area contributed by atoms with E-state index in [1.807, 2.05) is 25.1 Å². The summed E-state index contributed by atoms with van der Waals surface area (Å²) in [7, 11) is 1.69. The highest BCUT2D eigenvalue weighted by molar-refractivity contribution is 5.80. The van der Waals surface area contributed by atoms with Crippen LogP contribution in [-0.4, -0.2) is 62.9 Å². The van der Waals surface area contributed by atoms with Crippen LogP contribution in [0.1, 0.15) is 32.3 Å². The van der Waals surface area contributed by atoms with Crippen LogP contribution in [0.5, 0.6) is 5.75 Å². The molecule has 1 amide bonds. The summed E-state index contributed by atoms with van der Waals surface area (Å²) in [6, 6.07) is 8.33. The van der Waals surface area contributed by atoms with Crippen LogP contribution >= 0.6 is 0 Å². The molecule has 0 unspecified atom stereocenters. The Morgan fingerprint density at radius 1 is 1.26 bits per heavy atom. The topological polar surface area (TPSA) is 75.2 Å². The van der Waals surface area contributed by atoms with E-state index in [1.165, 1.54) is 0 Å². The molecule has 1 saturated heterocycles. The second-order valence-corrected chi connectivity index (χ2v) is 6.43. The van der Waals surface area contributed by atoms with Gasteiger partial charge in [-0.3, -0.25) is 4.99 Å². The molecule has 7 heteroatoms. The Labute approximate surface area is 162 Å². The van der Waals surface area contributed by atoms with Gasteiger partial charge in [0.15, 0.2) is 5.96 Å². The zero-order valence-electron chi connectivity index (χ0n) is 16.7. The van der Waals surface area contributed by atoms with Crippen molar-refractivity contribution in [3.63, 3.8) is 0 Å². The highest BCUT2D eigenvalue weighted by atomic mass is 16.6. The van der Waals surface area contributed by atoms with Crippen molar-refractivity contribution in [3.05, 3.63) is 29.8 Å². The zero-order valence-corrected chi connectivity index (χ0v) is 16.7. The summed E-state index contributed by atoms with van der Waals surface area (Å²) in [5.41, 5.74) is 1.15. The number of nitrogens with zero attached hydrogens (tertiary/aromatic N) is 2. The van der Waals surface area contributed by atoms with Gasteiger partial charge in [-0.25, -0.2) is 4.79 Å². The van der Waals surface area contributed by atoms with Crippen LogP contribution in [-0.2, 0) is 11.2 Å². The van der Waals surface area contributed by atoms with Crippen molar-refractivity contribution in [1.29, 1.82) is 0 Å². The van der Waals surface area contributed by atoms with Gasteiger partial charge in [-0.05, 0) is 44.7 Å². The van der Waals surface area contributed by atoms with Crippen molar-refractivity contribution in [2.45, 2.75) is 39.2 Å². The largest absolute Gasteiger partial charge is 0.496 e. The minimum absolute atomic E-state index is 0.215. The van der Waals surface area contributed by atoms with Crippen molar-refractivity contribution in [3.8, 4) is 5.75 Å². The summed E-state index contributed by atoms with van der Waals surface area (Å²) < 4.78 is 10.5. The third kappa shape index (κ3) is 6.66. The van der Waals surface area contributed by atoms with E-state index >= 15 is 0 Å². The number of guanidine groups is 1. The van der Waals surface area contributed by atoms with E-state index in [4.69, 9.17) is 14.5 Å². The number of carbonyl (C=O) groups is 1. The van der Waals surface area contributed by atoms with Crippen molar-refractivity contribution >= 4 is 12.1 Å². The molecule has 27 heavy (non-hydrogen) atoms. The van der Waals surface area contributed by atoms with Gasteiger partial charge in [-0.2, -0.15) is 0 Å². The summed E-state index contributed by atoms with van der Waals surface area (Å²) in [5.74, 6) is 1.72. The molecule has 150 valence electrons. The third-order valence-corrected chi connectivity index (χ3v) is 4.55. The first-order valence-electron chi connectivity index (χ1n) is 9.76. The second kappa shape index (κ2) is 11.3. The highest BCUT2D eigenvalue weighted by Gasteiger charge is 2.24. The number of carbonyl (C=O) groups excluding carboxylic acids is 1. The molecule has 2 rings (SSSR count). The number of methoxy groups -OCH3 is 1. The predicted molar refractivity (Wildman–Crippen MR) is 107 cm³/mol. The van der Waals surface area contributed by atoms with E-state index in [1.54, 1.807) is 12.0 Å². The first-order chi connectivity index (χ1) is 13.2. The molecule has 1 aromatic rings. The number of hydrogen-bond acceptors (Lipinski definition) is 4. The SMILES string of the molecule is CCNC(=NCCc1ccccc1OC)NC1CCN(C(=O)OCC)CC1. The monoisotopic (exact) mass is 376 g/mol. The van der Waals surface area contributed by atoms with Crippen LogP contribution in [0.4, 0.5) is 4.79 Å². The maximum atomic E-state index is 11.8. The van der Waals surface area contributed by atoms with Crippen molar-refractivity contribution in [2.24, 2.45) is 4.99 Å². The van der Waals surface area contributed by atoms with Gasteiger partial charge in [-0.15, -0.1) is 0 Å². The lowest BCUT2D eigenvalue weighted by atomic mass is 10.1. The Morgan fingerprint density at radius 2 is 2.00 bits per heavy atom. The lowest BCUT2D eigenvalue weighted by Crippen LogP contribution is -2.50. The molecule has 1 aliphatic heterocycles. The molecule has 2 N–H and O–H groups in total. The van der Waals surface area contributed by atoms with Gasteiger partial charge in [0.05, 0.1) is 13.7 Å². The summed E-state index contributed by atoms with van der Waals surface area (Å²) in [6.45, 7) is 7.20. The molecule has 0 aliphatic carbocycles. The molecule has 1 aromatic carbocycles. The standard InChI is InChI=1S/C20H32N4O3/c1-4-21-19(22-13-10-16-8-6-7-9-18(16)26-3)23-17-11-14-24(15-12-17)20(25)27-5-2/h6-9,17H,4-5,10-15H2,1-3H3,(H2,21,22,23). The van der Waals surface area contributed by atoms with E-state index in [-0.39, 0.29) is 6.09 Å². The molecule has 0 radical (unpaired) electrons. The average Bonchev–Trinajstić information content (AvgIpc) is 2.69. The van der Waals surface area contributed by atoms with Crippen LogP contribution in [0, 0.1) is 0 Å². The number of rotatable bonds is 7. The molecule has 0 bridgehead atoms. The summed E-state index contributed by atoms with van der Waals surface area (Å²) >= 11 is 0. The van der Waals surface area contributed by atoms with Crippen LogP contribution < -0.4 is 15.4 Å². The third-order valence-electron chi connectivity index (χ3n) is 4.55. The molecular weight excluding hydrogens is 344 g/mol. The quantitative estimate of drug-likeness (QED) is 0.565. The Morgan fingerprint density at radius 3 is 2.67 bits per heavy atom. The molecular formula is C20H32N4O3. The number of likely N-dealkylation sites (tertiary alicyclic amines) is 1. The molecule has 0 atom stereocenters. The van der Waals surface area contributed by atoms with Gasteiger partial charge >= 0.3 is 6.09 Å². The summed E-state index contributed by atoms with van der Waals surface area (Å²) in [6.07, 6.45) is 2.38. The minimum Gasteiger partial charge on any atom is -0.496 e. The number of amides is 1. The van der Waals surface area contributed by atoms with E-state index in [0.717, 1.165) is 43.1 Å². The van der Waals surface area contributed by atoms with Crippen molar-refractivity contribution in [1.82, 2.24) is 15.5 Å². The molecule has 0 saturated carbocycles. The number of piperidine rings is 1. The number of ether oxygens (including phenoxy) is 2. The number of benzene rings is 1. The van der Waals surface area contributed by atoms with Crippen LogP contribution in [0.3, 0.4) is 0 Å². The summed E-state index contributed by atoms with van der Waals surface area (Å²) in [4.78, 5) is 18.3. The van der Waals surface area contributed by atoms with Crippen molar-refractivity contribution in [2.75, 3.05) is 39.9 Å². The van der Waals surface area contributed by atoms with Gasteiger partial charge in [0.1, 0.15) is 5.75 Å². The first kappa shape index (κ1) is 20.9. The normalized spacial score (nSPS) is 15.4. The van der Waals surface area contributed by atoms with Gasteiger partial charge in [0.25, 0.3) is 0 Å². The average molecular weight is 377 g/mol. The lowest BCUT2D eigenvalue weighted by Gasteiger charge is -2.32. The Kier molecular flexibility index (Phi) is 8.74. The number of para-hydroxylation sites is 1. The van der Waals surface area contributed by atoms with Crippen LogP contribution in [0.2, 0.25) is 0 Å². The van der Waals surface area contributed by atoms with Crippen LogP contribution in [0.15, 0.2) is 29.3 Å². The number of aliphatic imine (C=N–C) groups is 1. The van der Waals surface area contributed by atoms with E-state index in [9.17, 15) is 4.79 Å². The molecule has 1 aliphatic rings. The molecule has 0 aromatic heterocycles. The predicted octanol–water partition coefficient (Wildman–Crippen LogP) is 2.41. The first-order valence-corrected chi connectivity index (χ1v) is 9.76. The smallest absolute Gasteiger partial charge is 0.409 e. The van der Waals surface area contributed by atoms with E-state index in [2.05, 4.69) is 23.6 Å². The van der Waals surface area contributed by atoms with Gasteiger partial charge in [-0.1, -0.05) is 18.2 Å². The maximum absolute atomic E-state index is 11.8. The number of nitrogens with one attached hydrogen (secondary N) is 2. The fraction of sp³-hybridized carbons (Fsp3) is 0.600. The Balaban J connectivity index is 1.84. The maximum Gasteiger partial charge on any atom is 0.409 e. The fourth-order valence-corrected chi connectivity index (χ4v) is 3.13. The fourth-order valence-electron chi connectivity index (χ4n) is 3.13. The highest BCUT2D eigenvalue weighted by Crippen LogP contribution is 2.17. The van der Waals surface area contributed by atoms with Gasteiger partial charge in [0.2, 0.25) is 0 Å². The van der Waals surface area contributed by atoms with E-state index < -0.39 is 0 Å². The van der Waals surface area contributed by atoms with Crippen LogP contribution in [0.25, 0.3) is 0 Å². The Hall–Kier alpha value is -2.44. The Bertz CT molecular complexity index is 613. The lowest BCUT2D eigenvalue weighted by molar-refractivity contribution is 0.0963. The molecule has 1 fully saturated rings. The molecule has 0 spiro atoms. The molecule has 1 heterocycles. The molecule has 7 nitrogen and oxygen atoms in total. The van der Waals surface area contributed by atoms with E-state index in [0.29, 0.717) is 32.3 Å². The summed E-state index contributed by atoms with van der Waals surface area (Å²) in [5, 5.41) is 6.79. The minimum atomic E-state index is -0.215. The van der Waals surface area contributed by atoms with Gasteiger partial charge in [0, 0.05) is 32.2 Å². The second-order valence-electron chi connectivity index (χ2n) is 6.43. The number of hydrogen-bond donors (Lipinski definition) is 2. The zero-order chi connectivity index (χ0) is 19.5.